The van der Waals surface area contributed by atoms with Crippen LogP contribution in [-0.2, 0) is 0 Å². The van der Waals surface area contributed by atoms with Crippen LogP contribution in [0.5, 0.6) is 11.5 Å². The zero-order chi connectivity index (χ0) is 17.9. The van der Waals surface area contributed by atoms with Crippen LogP contribution in [0.4, 0.5) is 15.8 Å². The highest BCUT2D eigenvalue weighted by atomic mass is 35.5. The number of hydrogen-bond acceptors (Lipinski definition) is 5. The lowest BCUT2D eigenvalue weighted by Crippen LogP contribution is -2.13. The van der Waals surface area contributed by atoms with Crippen molar-refractivity contribution in [2.75, 3.05) is 19.5 Å². The quantitative estimate of drug-likeness (QED) is 0.653. The summed E-state index contributed by atoms with van der Waals surface area (Å²) in [5.74, 6) is -1.13. The van der Waals surface area contributed by atoms with Crippen molar-refractivity contribution in [1.82, 2.24) is 0 Å². The summed E-state index contributed by atoms with van der Waals surface area (Å²) in [4.78, 5) is 22.1. The topological polar surface area (TPSA) is 90.7 Å². The number of nitrogens with one attached hydrogen (secondary N) is 1. The highest BCUT2D eigenvalue weighted by Crippen LogP contribution is 2.36. The molecule has 0 fully saturated rings. The summed E-state index contributed by atoms with van der Waals surface area (Å²) < 4.78 is 23.5. The number of rotatable bonds is 5. The molecule has 1 amide bonds. The van der Waals surface area contributed by atoms with Crippen molar-refractivity contribution in [1.29, 1.82) is 0 Å². The van der Waals surface area contributed by atoms with E-state index in [4.69, 9.17) is 21.1 Å². The zero-order valence-corrected chi connectivity index (χ0v) is 13.4. The van der Waals surface area contributed by atoms with E-state index in [1.807, 2.05) is 0 Å². The summed E-state index contributed by atoms with van der Waals surface area (Å²) in [5, 5.41) is 13.6. The van der Waals surface area contributed by atoms with Gasteiger partial charge in [-0.3, -0.25) is 14.9 Å². The lowest BCUT2D eigenvalue weighted by molar-refractivity contribution is -0.387. The van der Waals surface area contributed by atoms with Gasteiger partial charge in [-0.1, -0.05) is 11.6 Å². The minimum Gasteiger partial charge on any atom is -0.495 e. The molecule has 126 valence electrons. The molecule has 2 aromatic rings. The van der Waals surface area contributed by atoms with Gasteiger partial charge < -0.3 is 14.8 Å². The van der Waals surface area contributed by atoms with Crippen LogP contribution in [0.1, 0.15) is 10.4 Å². The number of anilines is 1. The summed E-state index contributed by atoms with van der Waals surface area (Å²) in [6.07, 6.45) is 0. The average Bonchev–Trinajstić information content (AvgIpc) is 2.55. The molecule has 2 rings (SSSR count). The number of ether oxygens (including phenoxy) is 2. The van der Waals surface area contributed by atoms with Gasteiger partial charge in [0, 0.05) is 23.8 Å². The molecule has 0 unspecified atom stereocenters. The Morgan fingerprint density at radius 1 is 1.21 bits per heavy atom. The second-order valence-corrected chi connectivity index (χ2v) is 4.97. The van der Waals surface area contributed by atoms with Crippen LogP contribution in [0.3, 0.4) is 0 Å². The number of carbonyl (C=O) groups is 1. The molecule has 0 saturated heterocycles. The molecule has 0 heterocycles. The third kappa shape index (κ3) is 3.54. The SMILES string of the molecule is COc1cc(NC(=O)c2ccc(F)c([N+](=O)[O-])c2)c(OC)cc1Cl. The van der Waals surface area contributed by atoms with Crippen molar-refractivity contribution in [3.05, 3.63) is 56.8 Å². The second-order valence-electron chi connectivity index (χ2n) is 4.56. The number of amides is 1. The predicted molar refractivity (Wildman–Crippen MR) is 85.6 cm³/mol. The molecule has 0 bridgehead atoms. The molecule has 9 heteroatoms. The Morgan fingerprint density at radius 3 is 2.46 bits per heavy atom. The average molecular weight is 355 g/mol. The summed E-state index contributed by atoms with van der Waals surface area (Å²) in [6, 6.07) is 5.73. The molecule has 0 atom stereocenters. The third-order valence-electron chi connectivity index (χ3n) is 3.13. The summed E-state index contributed by atoms with van der Waals surface area (Å²) in [7, 11) is 2.79. The zero-order valence-electron chi connectivity index (χ0n) is 12.6. The van der Waals surface area contributed by atoms with E-state index in [2.05, 4.69) is 5.32 Å². The van der Waals surface area contributed by atoms with Crippen molar-refractivity contribution < 1.29 is 23.6 Å². The fourth-order valence-corrected chi connectivity index (χ4v) is 2.18. The number of carbonyl (C=O) groups excluding carboxylic acids is 1. The lowest BCUT2D eigenvalue weighted by atomic mass is 10.1. The Hall–Kier alpha value is -2.87. The highest BCUT2D eigenvalue weighted by Gasteiger charge is 2.19. The van der Waals surface area contributed by atoms with Gasteiger partial charge in [-0.05, 0) is 12.1 Å². The van der Waals surface area contributed by atoms with Gasteiger partial charge in [0.15, 0.2) is 0 Å². The van der Waals surface area contributed by atoms with Gasteiger partial charge >= 0.3 is 5.69 Å². The first-order chi connectivity index (χ1) is 11.4. The van der Waals surface area contributed by atoms with Crippen LogP contribution in [-0.4, -0.2) is 25.1 Å². The van der Waals surface area contributed by atoms with Gasteiger partial charge in [-0.25, -0.2) is 0 Å². The van der Waals surface area contributed by atoms with Gasteiger partial charge in [0.1, 0.15) is 11.5 Å². The molecule has 0 spiro atoms. The van der Waals surface area contributed by atoms with Crippen LogP contribution in [0.15, 0.2) is 30.3 Å². The number of hydrogen-bond donors (Lipinski definition) is 1. The minimum absolute atomic E-state index is 0.0842. The second kappa shape index (κ2) is 7.14. The van der Waals surface area contributed by atoms with Gasteiger partial charge in [-0.2, -0.15) is 4.39 Å². The van der Waals surface area contributed by atoms with Crippen molar-refractivity contribution in [2.24, 2.45) is 0 Å². The molecule has 0 saturated carbocycles. The normalized spacial score (nSPS) is 10.2. The Labute approximate surface area is 141 Å². The van der Waals surface area contributed by atoms with Gasteiger partial charge in [-0.15, -0.1) is 0 Å². The maximum atomic E-state index is 13.3. The van der Waals surface area contributed by atoms with E-state index in [9.17, 15) is 19.3 Å². The first-order valence-corrected chi connectivity index (χ1v) is 6.92. The van der Waals surface area contributed by atoms with Crippen molar-refractivity contribution in [3.8, 4) is 11.5 Å². The largest absolute Gasteiger partial charge is 0.495 e. The predicted octanol–water partition coefficient (Wildman–Crippen LogP) is 3.66. The van der Waals surface area contributed by atoms with Crippen LogP contribution in [0.2, 0.25) is 5.02 Å². The molecule has 0 radical (unpaired) electrons. The van der Waals surface area contributed by atoms with E-state index in [-0.39, 0.29) is 22.0 Å². The Morgan fingerprint density at radius 2 is 1.88 bits per heavy atom. The molecule has 0 aliphatic rings. The van der Waals surface area contributed by atoms with E-state index in [1.165, 1.54) is 26.4 Å². The molecule has 0 aromatic heterocycles. The van der Waals surface area contributed by atoms with Crippen molar-refractivity contribution in [3.63, 3.8) is 0 Å². The highest BCUT2D eigenvalue weighted by molar-refractivity contribution is 6.32. The van der Waals surface area contributed by atoms with Gasteiger partial charge in [0.25, 0.3) is 5.91 Å². The fourth-order valence-electron chi connectivity index (χ4n) is 1.95. The molecule has 0 aliphatic carbocycles. The number of nitro benzene ring substituents is 1. The van der Waals surface area contributed by atoms with Crippen LogP contribution >= 0.6 is 11.6 Å². The molecule has 0 aliphatic heterocycles. The molecule has 24 heavy (non-hydrogen) atoms. The number of nitrogens with zero attached hydrogens (tertiary/aromatic N) is 1. The monoisotopic (exact) mass is 354 g/mol. The van der Waals surface area contributed by atoms with E-state index < -0.39 is 22.3 Å². The summed E-state index contributed by atoms with van der Waals surface area (Å²) in [6.45, 7) is 0. The maximum Gasteiger partial charge on any atom is 0.305 e. The Kier molecular flexibility index (Phi) is 5.20. The van der Waals surface area contributed by atoms with Crippen molar-refractivity contribution in [2.45, 2.75) is 0 Å². The van der Waals surface area contributed by atoms with Crippen LogP contribution < -0.4 is 14.8 Å². The van der Waals surface area contributed by atoms with Crippen LogP contribution in [0.25, 0.3) is 0 Å². The number of benzene rings is 2. The molecular weight excluding hydrogens is 343 g/mol. The molecule has 7 nitrogen and oxygen atoms in total. The third-order valence-corrected chi connectivity index (χ3v) is 3.42. The Bertz CT molecular complexity index is 813. The summed E-state index contributed by atoms with van der Waals surface area (Å²) >= 11 is 5.97. The van der Waals surface area contributed by atoms with E-state index in [0.29, 0.717) is 5.75 Å². The summed E-state index contributed by atoms with van der Waals surface area (Å²) in [5.41, 5.74) is -0.627. The smallest absolute Gasteiger partial charge is 0.305 e. The lowest BCUT2D eigenvalue weighted by Gasteiger charge is -2.13. The van der Waals surface area contributed by atoms with Crippen LogP contribution in [0, 0.1) is 15.9 Å². The van der Waals surface area contributed by atoms with Crippen molar-refractivity contribution >= 4 is 28.9 Å². The van der Waals surface area contributed by atoms with E-state index >= 15 is 0 Å². The molecular formula is C15H12ClFN2O5. The maximum absolute atomic E-state index is 13.3. The number of nitro groups is 1. The standard InChI is InChI=1S/C15H12ClFN2O5/c1-23-13-7-11(14(24-2)6-9(13)16)18-15(20)8-3-4-10(17)12(5-8)19(21)22/h3-7H,1-2H3,(H,18,20). The molecule has 1 N–H and O–H groups in total. The van der Waals surface area contributed by atoms with Gasteiger partial charge in [0.2, 0.25) is 5.82 Å². The Balaban J connectivity index is 2.36. The number of halogens is 2. The fraction of sp³-hybridized carbons (Fsp3) is 0.133. The number of methoxy groups -OCH3 is 2. The first-order valence-electron chi connectivity index (χ1n) is 6.54. The minimum atomic E-state index is -1.03. The first kappa shape index (κ1) is 17.5. The van der Waals surface area contributed by atoms with Gasteiger partial charge in [0.05, 0.1) is 29.9 Å². The molecule has 2 aromatic carbocycles. The van der Waals surface area contributed by atoms with E-state index in [1.54, 1.807) is 0 Å². The van der Waals surface area contributed by atoms with E-state index in [0.717, 1.165) is 18.2 Å².